The third kappa shape index (κ3) is 5.41. The minimum atomic E-state index is -0.321. The van der Waals surface area contributed by atoms with Crippen molar-refractivity contribution in [1.29, 1.82) is 0 Å². The number of carbonyl (C=O) groups is 2. The number of likely N-dealkylation sites (tertiary alicyclic amines) is 1. The maximum absolute atomic E-state index is 13.5. The predicted octanol–water partition coefficient (Wildman–Crippen LogP) is 4.22. The number of hydrogen-bond acceptors (Lipinski definition) is 3. The molecule has 32 heavy (non-hydrogen) atoms. The summed E-state index contributed by atoms with van der Waals surface area (Å²) in [5, 5.41) is 0. The van der Waals surface area contributed by atoms with E-state index in [-0.39, 0.29) is 24.2 Å². The highest BCUT2D eigenvalue weighted by Crippen LogP contribution is 2.24. The fourth-order valence-corrected chi connectivity index (χ4v) is 4.18. The van der Waals surface area contributed by atoms with Crippen molar-refractivity contribution in [2.75, 3.05) is 6.54 Å². The first-order chi connectivity index (χ1) is 15.6. The average Bonchev–Trinajstić information content (AvgIpc) is 3.20. The SMILES string of the molecule is CCc1ccc(CN(Cc2cccnc2)C(=O)C2CC(=O)N(Cc3ccccc3)C2)cc1. The average molecular weight is 428 g/mol. The van der Waals surface area contributed by atoms with Crippen LogP contribution in [0.2, 0.25) is 0 Å². The molecule has 1 saturated heterocycles. The highest BCUT2D eigenvalue weighted by atomic mass is 16.2. The molecule has 0 aliphatic carbocycles. The Morgan fingerprint density at radius 3 is 2.31 bits per heavy atom. The molecule has 1 atom stereocenters. The number of aryl methyl sites for hydroxylation is 1. The topological polar surface area (TPSA) is 53.5 Å². The van der Waals surface area contributed by atoms with Crippen LogP contribution in [0.1, 0.15) is 35.6 Å². The monoisotopic (exact) mass is 427 g/mol. The van der Waals surface area contributed by atoms with Crippen LogP contribution in [0.4, 0.5) is 0 Å². The van der Waals surface area contributed by atoms with E-state index in [4.69, 9.17) is 0 Å². The van der Waals surface area contributed by atoms with Crippen molar-refractivity contribution in [3.8, 4) is 0 Å². The summed E-state index contributed by atoms with van der Waals surface area (Å²) < 4.78 is 0. The van der Waals surface area contributed by atoms with Crippen molar-refractivity contribution in [1.82, 2.24) is 14.8 Å². The lowest BCUT2D eigenvalue weighted by atomic mass is 10.0. The first-order valence-electron chi connectivity index (χ1n) is 11.2. The van der Waals surface area contributed by atoms with Gasteiger partial charge in [0.15, 0.2) is 0 Å². The molecular formula is C27H29N3O2. The molecule has 1 unspecified atom stereocenters. The number of aromatic nitrogens is 1. The van der Waals surface area contributed by atoms with E-state index in [1.807, 2.05) is 47.4 Å². The maximum atomic E-state index is 13.5. The van der Waals surface area contributed by atoms with Gasteiger partial charge in [0, 0.05) is 45.0 Å². The zero-order valence-corrected chi connectivity index (χ0v) is 18.5. The van der Waals surface area contributed by atoms with Crippen LogP contribution in [-0.2, 0) is 35.6 Å². The van der Waals surface area contributed by atoms with Gasteiger partial charge in [0.05, 0.1) is 5.92 Å². The summed E-state index contributed by atoms with van der Waals surface area (Å²) in [5.41, 5.74) is 4.43. The van der Waals surface area contributed by atoms with Crippen LogP contribution in [0.3, 0.4) is 0 Å². The zero-order chi connectivity index (χ0) is 22.3. The number of carbonyl (C=O) groups excluding carboxylic acids is 2. The Morgan fingerprint density at radius 1 is 0.938 bits per heavy atom. The fourth-order valence-electron chi connectivity index (χ4n) is 4.18. The van der Waals surface area contributed by atoms with E-state index in [1.54, 1.807) is 17.3 Å². The number of amides is 2. The molecule has 0 N–H and O–H groups in total. The molecular weight excluding hydrogens is 398 g/mol. The lowest BCUT2D eigenvalue weighted by Crippen LogP contribution is -2.36. The number of hydrogen-bond donors (Lipinski definition) is 0. The van der Waals surface area contributed by atoms with Gasteiger partial charge in [0.1, 0.15) is 0 Å². The van der Waals surface area contributed by atoms with Crippen LogP contribution >= 0.6 is 0 Å². The summed E-state index contributed by atoms with van der Waals surface area (Å²) >= 11 is 0. The number of rotatable bonds is 8. The molecule has 164 valence electrons. The second-order valence-corrected chi connectivity index (χ2v) is 8.39. The molecule has 1 fully saturated rings. The molecule has 2 aromatic carbocycles. The molecule has 1 aromatic heterocycles. The number of pyridine rings is 1. The predicted molar refractivity (Wildman–Crippen MR) is 124 cm³/mol. The molecule has 0 radical (unpaired) electrons. The summed E-state index contributed by atoms with van der Waals surface area (Å²) in [7, 11) is 0. The van der Waals surface area contributed by atoms with E-state index < -0.39 is 0 Å². The van der Waals surface area contributed by atoms with E-state index >= 15 is 0 Å². The highest BCUT2D eigenvalue weighted by Gasteiger charge is 2.36. The van der Waals surface area contributed by atoms with Gasteiger partial charge in [0.2, 0.25) is 11.8 Å². The van der Waals surface area contributed by atoms with E-state index in [1.165, 1.54) is 5.56 Å². The first-order valence-corrected chi connectivity index (χ1v) is 11.2. The number of benzene rings is 2. The van der Waals surface area contributed by atoms with E-state index in [0.29, 0.717) is 26.2 Å². The second-order valence-electron chi connectivity index (χ2n) is 8.39. The molecule has 3 aromatic rings. The van der Waals surface area contributed by atoms with Crippen LogP contribution in [0.25, 0.3) is 0 Å². The van der Waals surface area contributed by atoms with Crippen LogP contribution in [0, 0.1) is 5.92 Å². The molecule has 1 aliphatic heterocycles. The van der Waals surface area contributed by atoms with Crippen molar-refractivity contribution >= 4 is 11.8 Å². The van der Waals surface area contributed by atoms with Crippen molar-refractivity contribution in [2.45, 2.75) is 39.4 Å². The summed E-state index contributed by atoms with van der Waals surface area (Å²) in [5.74, 6) is -0.254. The quantitative estimate of drug-likeness (QED) is 0.541. The molecule has 0 spiro atoms. The molecule has 5 nitrogen and oxygen atoms in total. The van der Waals surface area contributed by atoms with Crippen LogP contribution in [-0.4, -0.2) is 33.1 Å². The smallest absolute Gasteiger partial charge is 0.228 e. The molecule has 5 heteroatoms. The Balaban J connectivity index is 1.49. The van der Waals surface area contributed by atoms with E-state index in [9.17, 15) is 9.59 Å². The Kier molecular flexibility index (Phi) is 6.95. The van der Waals surface area contributed by atoms with Gasteiger partial charge in [-0.25, -0.2) is 0 Å². The van der Waals surface area contributed by atoms with Gasteiger partial charge in [0.25, 0.3) is 0 Å². The Bertz CT molecular complexity index is 1040. The Hall–Kier alpha value is -3.47. The maximum Gasteiger partial charge on any atom is 0.228 e. The van der Waals surface area contributed by atoms with E-state index in [2.05, 4.69) is 36.2 Å². The molecule has 1 aliphatic rings. The lowest BCUT2D eigenvalue weighted by molar-refractivity contribution is -0.137. The van der Waals surface area contributed by atoms with Crippen molar-refractivity contribution in [3.05, 3.63) is 101 Å². The van der Waals surface area contributed by atoms with Crippen molar-refractivity contribution in [3.63, 3.8) is 0 Å². The van der Waals surface area contributed by atoms with Gasteiger partial charge >= 0.3 is 0 Å². The molecule has 0 bridgehead atoms. The summed E-state index contributed by atoms with van der Waals surface area (Å²) in [6, 6.07) is 22.2. The van der Waals surface area contributed by atoms with Gasteiger partial charge in [-0.15, -0.1) is 0 Å². The third-order valence-corrected chi connectivity index (χ3v) is 5.99. The van der Waals surface area contributed by atoms with Gasteiger partial charge in [-0.05, 0) is 34.7 Å². The Labute approximate surface area is 189 Å². The second kappa shape index (κ2) is 10.2. The Morgan fingerprint density at radius 2 is 1.62 bits per heavy atom. The van der Waals surface area contributed by atoms with Gasteiger partial charge in [-0.1, -0.05) is 67.6 Å². The lowest BCUT2D eigenvalue weighted by Gasteiger charge is -2.26. The fraction of sp³-hybridized carbons (Fsp3) is 0.296. The molecule has 0 saturated carbocycles. The number of nitrogens with zero attached hydrogens (tertiary/aromatic N) is 3. The largest absolute Gasteiger partial charge is 0.338 e. The minimum absolute atomic E-state index is 0.0253. The minimum Gasteiger partial charge on any atom is -0.338 e. The normalized spacial score (nSPS) is 15.7. The van der Waals surface area contributed by atoms with Gasteiger partial charge in [-0.3, -0.25) is 14.6 Å². The summed E-state index contributed by atoms with van der Waals surface area (Å²) in [4.78, 5) is 34.1. The van der Waals surface area contributed by atoms with Crippen LogP contribution in [0.5, 0.6) is 0 Å². The van der Waals surface area contributed by atoms with Crippen LogP contribution < -0.4 is 0 Å². The third-order valence-electron chi connectivity index (χ3n) is 5.99. The van der Waals surface area contributed by atoms with Crippen molar-refractivity contribution in [2.24, 2.45) is 5.92 Å². The van der Waals surface area contributed by atoms with Gasteiger partial charge in [-0.2, -0.15) is 0 Å². The molecule has 2 amide bonds. The van der Waals surface area contributed by atoms with Crippen LogP contribution in [0.15, 0.2) is 79.1 Å². The first kappa shape index (κ1) is 21.8. The summed E-state index contributed by atoms with van der Waals surface area (Å²) in [6.07, 6.45) is 4.78. The molecule has 2 heterocycles. The molecule has 4 rings (SSSR count). The zero-order valence-electron chi connectivity index (χ0n) is 18.5. The van der Waals surface area contributed by atoms with E-state index in [0.717, 1.165) is 23.1 Å². The standard InChI is InChI=1S/C27H29N3O2/c1-2-21-10-12-23(13-11-21)18-30(19-24-9-6-14-28-16-24)27(32)25-15-26(31)29(20-25)17-22-7-4-3-5-8-22/h3-14,16,25H,2,15,17-20H2,1H3. The summed E-state index contributed by atoms with van der Waals surface area (Å²) in [6.45, 7) is 4.13. The van der Waals surface area contributed by atoms with Gasteiger partial charge < -0.3 is 9.80 Å². The van der Waals surface area contributed by atoms with Crippen molar-refractivity contribution < 1.29 is 9.59 Å². The highest BCUT2D eigenvalue weighted by molar-refractivity contribution is 5.89.